The van der Waals surface area contributed by atoms with Gasteiger partial charge in [-0.25, -0.2) is 9.67 Å². The van der Waals surface area contributed by atoms with Crippen LogP contribution in [0, 0.1) is 13.8 Å². The van der Waals surface area contributed by atoms with E-state index in [0.29, 0.717) is 21.8 Å². The summed E-state index contributed by atoms with van der Waals surface area (Å²) in [5, 5.41) is 25.1. The number of hydrogen-bond acceptors (Lipinski definition) is 7. The molecule has 110 valence electrons. The van der Waals surface area contributed by atoms with Crippen LogP contribution < -0.4 is 5.73 Å². The SMILES string of the molecule is Cc1cc(C)c(C(N)=NO)c(Sc2nnnn2C2CC2)n1. The van der Waals surface area contributed by atoms with Gasteiger partial charge in [0.25, 0.3) is 0 Å². The average molecular weight is 305 g/mol. The number of nitrogens with zero attached hydrogens (tertiary/aromatic N) is 6. The molecule has 3 rings (SSSR count). The van der Waals surface area contributed by atoms with Gasteiger partial charge in [0, 0.05) is 5.69 Å². The molecule has 0 aliphatic heterocycles. The maximum absolute atomic E-state index is 8.97. The fourth-order valence-corrected chi connectivity index (χ4v) is 3.21. The minimum atomic E-state index is 0.0351. The summed E-state index contributed by atoms with van der Waals surface area (Å²) in [6.45, 7) is 3.80. The molecule has 1 aliphatic carbocycles. The van der Waals surface area contributed by atoms with Crippen LogP contribution in [0.4, 0.5) is 0 Å². The maximum atomic E-state index is 8.97. The molecule has 0 saturated heterocycles. The first kappa shape index (κ1) is 13.8. The van der Waals surface area contributed by atoms with Crippen LogP contribution in [0.1, 0.15) is 35.7 Å². The molecule has 2 aromatic heterocycles. The second-order valence-corrected chi connectivity index (χ2v) is 5.94. The summed E-state index contributed by atoms with van der Waals surface area (Å²) in [4.78, 5) is 4.48. The lowest BCUT2D eigenvalue weighted by molar-refractivity contribution is 0.318. The van der Waals surface area contributed by atoms with E-state index in [2.05, 4.69) is 25.7 Å². The number of nitrogens with two attached hydrogens (primary N) is 1. The van der Waals surface area contributed by atoms with Gasteiger partial charge in [-0.15, -0.1) is 5.10 Å². The average Bonchev–Trinajstić information content (AvgIpc) is 3.18. The van der Waals surface area contributed by atoms with Crippen LogP contribution in [-0.4, -0.2) is 36.2 Å². The van der Waals surface area contributed by atoms with E-state index in [9.17, 15) is 0 Å². The van der Waals surface area contributed by atoms with Crippen LogP contribution in [0.25, 0.3) is 0 Å². The summed E-state index contributed by atoms with van der Waals surface area (Å²) < 4.78 is 1.81. The molecule has 8 nitrogen and oxygen atoms in total. The minimum Gasteiger partial charge on any atom is -0.409 e. The number of aryl methyl sites for hydroxylation is 2. The molecular formula is C12H15N7OS. The fourth-order valence-electron chi connectivity index (χ4n) is 2.13. The van der Waals surface area contributed by atoms with Crippen molar-refractivity contribution < 1.29 is 5.21 Å². The van der Waals surface area contributed by atoms with Gasteiger partial charge in [0.05, 0.1) is 11.6 Å². The number of rotatable bonds is 4. The van der Waals surface area contributed by atoms with Gasteiger partial charge in [-0.2, -0.15) is 0 Å². The topological polar surface area (TPSA) is 115 Å². The summed E-state index contributed by atoms with van der Waals surface area (Å²) in [5.41, 5.74) is 8.13. The molecule has 1 fully saturated rings. The Kier molecular flexibility index (Phi) is 3.50. The van der Waals surface area contributed by atoms with Crippen molar-refractivity contribution in [2.24, 2.45) is 10.9 Å². The smallest absolute Gasteiger partial charge is 0.215 e. The number of aromatic nitrogens is 5. The lowest BCUT2D eigenvalue weighted by atomic mass is 10.1. The molecule has 3 N–H and O–H groups in total. The monoisotopic (exact) mass is 305 g/mol. The van der Waals surface area contributed by atoms with Crippen molar-refractivity contribution in [3.05, 3.63) is 22.9 Å². The summed E-state index contributed by atoms with van der Waals surface area (Å²) >= 11 is 1.33. The molecule has 1 saturated carbocycles. The Bertz CT molecular complexity index is 708. The summed E-state index contributed by atoms with van der Waals surface area (Å²) in [7, 11) is 0. The van der Waals surface area contributed by atoms with Crippen LogP contribution in [-0.2, 0) is 0 Å². The Labute approximate surface area is 125 Å². The highest BCUT2D eigenvalue weighted by Crippen LogP contribution is 2.38. The van der Waals surface area contributed by atoms with Crippen molar-refractivity contribution >= 4 is 17.6 Å². The molecule has 0 spiro atoms. The molecular weight excluding hydrogens is 290 g/mol. The van der Waals surface area contributed by atoms with Crippen molar-refractivity contribution in [1.29, 1.82) is 0 Å². The Balaban J connectivity index is 2.03. The van der Waals surface area contributed by atoms with Gasteiger partial charge < -0.3 is 10.9 Å². The highest BCUT2D eigenvalue weighted by Gasteiger charge is 2.29. The molecule has 0 aromatic carbocycles. The first-order chi connectivity index (χ1) is 10.1. The highest BCUT2D eigenvalue weighted by molar-refractivity contribution is 7.99. The van der Waals surface area contributed by atoms with E-state index in [1.165, 1.54) is 11.8 Å². The molecule has 0 amide bonds. The summed E-state index contributed by atoms with van der Waals surface area (Å²) in [6.07, 6.45) is 2.18. The van der Waals surface area contributed by atoms with Gasteiger partial charge in [0.2, 0.25) is 5.16 Å². The third-order valence-corrected chi connectivity index (χ3v) is 4.16. The minimum absolute atomic E-state index is 0.0351. The first-order valence-electron chi connectivity index (χ1n) is 6.52. The second kappa shape index (κ2) is 5.32. The fraction of sp³-hybridized carbons (Fsp3) is 0.417. The zero-order valence-electron chi connectivity index (χ0n) is 11.7. The normalized spacial score (nSPS) is 15.4. The zero-order chi connectivity index (χ0) is 15.0. The predicted octanol–water partition coefficient (Wildman–Crippen LogP) is 1.27. The molecule has 0 radical (unpaired) electrons. The predicted molar refractivity (Wildman–Crippen MR) is 76.4 cm³/mol. The largest absolute Gasteiger partial charge is 0.409 e. The molecule has 0 bridgehead atoms. The van der Waals surface area contributed by atoms with Crippen molar-refractivity contribution in [3.63, 3.8) is 0 Å². The molecule has 9 heteroatoms. The molecule has 1 aliphatic rings. The lowest BCUT2D eigenvalue weighted by Crippen LogP contribution is -2.17. The van der Waals surface area contributed by atoms with Crippen LogP contribution in [0.15, 0.2) is 21.4 Å². The quantitative estimate of drug-likeness (QED) is 0.378. The van der Waals surface area contributed by atoms with E-state index >= 15 is 0 Å². The van der Waals surface area contributed by atoms with E-state index in [0.717, 1.165) is 24.1 Å². The van der Waals surface area contributed by atoms with Gasteiger partial charge in [-0.3, -0.25) is 0 Å². The van der Waals surface area contributed by atoms with Gasteiger partial charge in [-0.1, -0.05) is 5.16 Å². The zero-order valence-corrected chi connectivity index (χ0v) is 12.5. The van der Waals surface area contributed by atoms with Crippen LogP contribution in [0.2, 0.25) is 0 Å². The van der Waals surface area contributed by atoms with Crippen molar-refractivity contribution in [2.45, 2.75) is 42.9 Å². The van der Waals surface area contributed by atoms with Crippen LogP contribution in [0.5, 0.6) is 0 Å². The highest BCUT2D eigenvalue weighted by atomic mass is 32.2. The van der Waals surface area contributed by atoms with Crippen molar-refractivity contribution in [3.8, 4) is 0 Å². The number of pyridine rings is 1. The third-order valence-electron chi connectivity index (χ3n) is 3.22. The van der Waals surface area contributed by atoms with Crippen LogP contribution >= 0.6 is 11.8 Å². The Hall–Kier alpha value is -2.16. The van der Waals surface area contributed by atoms with Gasteiger partial charge >= 0.3 is 0 Å². The Morgan fingerprint density at radius 3 is 2.90 bits per heavy atom. The van der Waals surface area contributed by atoms with Crippen molar-refractivity contribution in [2.75, 3.05) is 0 Å². The Morgan fingerprint density at radius 2 is 2.24 bits per heavy atom. The maximum Gasteiger partial charge on any atom is 0.215 e. The standard InChI is InChI=1S/C12H15N7OS/c1-6-5-7(2)14-11(9(6)10(13)16-20)21-12-15-17-18-19(12)8-3-4-8/h5,8,20H,3-4H2,1-2H3,(H2,13,16). The van der Waals surface area contributed by atoms with E-state index < -0.39 is 0 Å². The molecule has 2 aromatic rings. The van der Waals surface area contributed by atoms with Crippen LogP contribution in [0.3, 0.4) is 0 Å². The number of tetrazole rings is 1. The summed E-state index contributed by atoms with van der Waals surface area (Å²) in [6, 6.07) is 2.27. The Morgan fingerprint density at radius 1 is 1.48 bits per heavy atom. The number of oxime groups is 1. The van der Waals surface area contributed by atoms with E-state index in [1.807, 2.05) is 19.9 Å². The molecule has 0 unspecified atom stereocenters. The lowest BCUT2D eigenvalue weighted by Gasteiger charge is -2.11. The van der Waals surface area contributed by atoms with Gasteiger partial charge in [0.15, 0.2) is 5.84 Å². The van der Waals surface area contributed by atoms with Gasteiger partial charge in [0.1, 0.15) is 5.03 Å². The number of hydrogen-bond donors (Lipinski definition) is 2. The third kappa shape index (κ3) is 2.68. The molecule has 21 heavy (non-hydrogen) atoms. The van der Waals surface area contributed by atoms with E-state index in [-0.39, 0.29) is 5.84 Å². The van der Waals surface area contributed by atoms with Gasteiger partial charge in [-0.05, 0) is 60.5 Å². The number of amidine groups is 1. The van der Waals surface area contributed by atoms with Crippen molar-refractivity contribution in [1.82, 2.24) is 25.2 Å². The second-order valence-electron chi connectivity index (χ2n) is 4.99. The summed E-state index contributed by atoms with van der Waals surface area (Å²) in [5.74, 6) is 0.0351. The van der Waals surface area contributed by atoms with E-state index in [4.69, 9.17) is 10.9 Å². The molecule has 2 heterocycles. The first-order valence-corrected chi connectivity index (χ1v) is 7.33. The van der Waals surface area contributed by atoms with E-state index in [1.54, 1.807) is 4.68 Å². The molecule has 0 atom stereocenters.